The van der Waals surface area contributed by atoms with E-state index in [0.29, 0.717) is 43.8 Å². The number of anilines is 1. The summed E-state index contributed by atoms with van der Waals surface area (Å²) in [7, 11) is 1.57. The van der Waals surface area contributed by atoms with Crippen molar-refractivity contribution in [2.24, 2.45) is 0 Å². The van der Waals surface area contributed by atoms with Gasteiger partial charge in [-0.2, -0.15) is 9.61 Å². The maximum Gasteiger partial charge on any atom is 0.335 e. The summed E-state index contributed by atoms with van der Waals surface area (Å²) in [5.41, 5.74) is 10.6. The van der Waals surface area contributed by atoms with E-state index < -0.39 is 11.6 Å². The number of rotatable bonds is 9. The van der Waals surface area contributed by atoms with Crippen molar-refractivity contribution in [3.05, 3.63) is 60.6 Å². The van der Waals surface area contributed by atoms with Gasteiger partial charge in [-0.15, -0.1) is 11.8 Å². The number of carbonyl (C=O) groups is 1. The summed E-state index contributed by atoms with van der Waals surface area (Å²) in [5.74, 6) is -0.335. The second-order valence-electron chi connectivity index (χ2n) is 9.42. The van der Waals surface area contributed by atoms with Crippen LogP contribution < -0.4 is 5.73 Å². The van der Waals surface area contributed by atoms with Crippen LogP contribution in [-0.2, 0) is 14.3 Å². The van der Waals surface area contributed by atoms with Crippen LogP contribution in [0.4, 0.5) is 5.82 Å². The minimum absolute atomic E-state index is 0.0598. The van der Waals surface area contributed by atoms with Crippen molar-refractivity contribution < 1.29 is 19.4 Å². The third-order valence-corrected chi connectivity index (χ3v) is 8.07. The van der Waals surface area contributed by atoms with Gasteiger partial charge in [0.2, 0.25) is 0 Å². The van der Waals surface area contributed by atoms with Gasteiger partial charge < -0.3 is 20.3 Å². The molecule has 1 saturated carbocycles. The fraction of sp³-hybridized carbons (Fsp3) is 0.357. The molecule has 0 spiro atoms. The highest BCUT2D eigenvalue weighted by Gasteiger charge is 2.44. The molecule has 0 bridgehead atoms. The van der Waals surface area contributed by atoms with Crippen LogP contribution in [0.3, 0.4) is 0 Å². The number of fused-ring (bicyclic) bond motifs is 1. The fourth-order valence-electron chi connectivity index (χ4n) is 5.14. The second-order valence-corrected chi connectivity index (χ2v) is 10.2. The first kappa shape index (κ1) is 26.1. The molecule has 3 aromatic heterocycles. The quantitative estimate of drug-likeness (QED) is 0.228. The van der Waals surface area contributed by atoms with Crippen LogP contribution in [0.1, 0.15) is 37.3 Å². The van der Waals surface area contributed by atoms with Crippen LogP contribution in [-0.4, -0.2) is 62.8 Å². The minimum atomic E-state index is -1.20. The number of hydrogen-bond donors (Lipinski definition) is 2. The SMILES string of the molecule is COCCO[C@]1(C(=O)O)CC[C@@H](c2nc3c(-c4ccc(-c5ccccc5)nc4)cnn3c(N)c2SC)CC1. The number of aromatic nitrogens is 4. The highest BCUT2D eigenvalue weighted by atomic mass is 32.2. The Bertz CT molecular complexity index is 1420. The number of hydrogen-bond acceptors (Lipinski definition) is 8. The van der Waals surface area contributed by atoms with Crippen LogP contribution in [0, 0.1) is 0 Å². The molecular weight excluding hydrogens is 502 g/mol. The van der Waals surface area contributed by atoms with Gasteiger partial charge in [0.25, 0.3) is 0 Å². The number of nitrogen functional groups attached to an aromatic ring is 1. The van der Waals surface area contributed by atoms with Crippen LogP contribution in [0.15, 0.2) is 59.8 Å². The van der Waals surface area contributed by atoms with Crippen LogP contribution in [0.25, 0.3) is 28.0 Å². The first-order valence-electron chi connectivity index (χ1n) is 12.6. The number of carboxylic acid groups (broad SMARTS) is 1. The zero-order chi connectivity index (χ0) is 26.7. The highest BCUT2D eigenvalue weighted by molar-refractivity contribution is 7.98. The van der Waals surface area contributed by atoms with Crippen molar-refractivity contribution in [1.82, 2.24) is 19.6 Å². The monoisotopic (exact) mass is 533 g/mol. The van der Waals surface area contributed by atoms with Crippen molar-refractivity contribution in [3.63, 3.8) is 0 Å². The Hall–Kier alpha value is -3.47. The Morgan fingerprint density at radius 1 is 1.13 bits per heavy atom. The summed E-state index contributed by atoms with van der Waals surface area (Å²) in [6.45, 7) is 0.603. The molecule has 0 unspecified atom stereocenters. The number of ether oxygens (including phenoxy) is 2. The van der Waals surface area contributed by atoms with Gasteiger partial charge in [0.15, 0.2) is 11.2 Å². The smallest absolute Gasteiger partial charge is 0.335 e. The predicted octanol–water partition coefficient (Wildman–Crippen LogP) is 4.91. The highest BCUT2D eigenvalue weighted by Crippen LogP contribution is 2.44. The van der Waals surface area contributed by atoms with Gasteiger partial charge in [-0.25, -0.2) is 9.78 Å². The molecule has 5 rings (SSSR count). The van der Waals surface area contributed by atoms with E-state index in [1.807, 2.05) is 54.9 Å². The van der Waals surface area contributed by atoms with E-state index in [0.717, 1.165) is 33.0 Å². The Labute approximate surface area is 225 Å². The molecule has 1 fully saturated rings. The normalized spacial score (nSPS) is 19.6. The van der Waals surface area contributed by atoms with E-state index in [9.17, 15) is 9.90 Å². The average Bonchev–Trinajstić information content (AvgIpc) is 3.38. The number of benzene rings is 1. The molecular formula is C28H31N5O4S. The molecule has 1 aliphatic rings. The molecule has 10 heteroatoms. The van der Waals surface area contributed by atoms with Crippen molar-refractivity contribution in [1.29, 1.82) is 0 Å². The Morgan fingerprint density at radius 2 is 1.89 bits per heavy atom. The van der Waals surface area contributed by atoms with E-state index in [1.165, 1.54) is 11.8 Å². The van der Waals surface area contributed by atoms with E-state index in [4.69, 9.17) is 20.2 Å². The Balaban J connectivity index is 1.46. The van der Waals surface area contributed by atoms with E-state index in [1.54, 1.807) is 17.8 Å². The van der Waals surface area contributed by atoms with E-state index in [-0.39, 0.29) is 12.5 Å². The predicted molar refractivity (Wildman–Crippen MR) is 147 cm³/mol. The first-order valence-corrected chi connectivity index (χ1v) is 13.8. The van der Waals surface area contributed by atoms with E-state index in [2.05, 4.69) is 10.1 Å². The number of thioether (sulfide) groups is 1. The Morgan fingerprint density at radius 3 is 2.53 bits per heavy atom. The lowest BCUT2D eigenvalue weighted by atomic mass is 9.77. The number of nitrogens with zero attached hydrogens (tertiary/aromatic N) is 4. The summed E-state index contributed by atoms with van der Waals surface area (Å²) in [6, 6.07) is 14.0. The molecule has 3 heterocycles. The third-order valence-electron chi connectivity index (χ3n) is 7.25. The summed E-state index contributed by atoms with van der Waals surface area (Å²) in [6.07, 6.45) is 7.63. The summed E-state index contributed by atoms with van der Waals surface area (Å²) in [5, 5.41) is 14.5. The fourth-order valence-corrected chi connectivity index (χ4v) is 5.86. The van der Waals surface area contributed by atoms with Crippen LogP contribution in [0.5, 0.6) is 0 Å². The summed E-state index contributed by atoms with van der Waals surface area (Å²) >= 11 is 1.53. The van der Waals surface area contributed by atoms with Crippen molar-refractivity contribution in [3.8, 4) is 22.4 Å². The first-order chi connectivity index (χ1) is 18.5. The average molecular weight is 534 g/mol. The largest absolute Gasteiger partial charge is 0.479 e. The topological polar surface area (TPSA) is 125 Å². The van der Waals surface area contributed by atoms with Gasteiger partial charge in [-0.1, -0.05) is 36.4 Å². The van der Waals surface area contributed by atoms with Gasteiger partial charge in [-0.3, -0.25) is 4.98 Å². The lowest BCUT2D eigenvalue weighted by molar-refractivity contribution is -0.173. The molecule has 38 heavy (non-hydrogen) atoms. The van der Waals surface area contributed by atoms with E-state index >= 15 is 0 Å². The lowest BCUT2D eigenvalue weighted by Gasteiger charge is -2.37. The molecule has 0 aliphatic heterocycles. The van der Waals surface area contributed by atoms with Crippen LogP contribution in [0.2, 0.25) is 0 Å². The van der Waals surface area contributed by atoms with Gasteiger partial charge in [0.05, 0.1) is 35.7 Å². The summed E-state index contributed by atoms with van der Waals surface area (Å²) in [4.78, 5) is 22.7. The van der Waals surface area contributed by atoms with Crippen molar-refractivity contribution in [2.45, 2.75) is 42.1 Å². The molecule has 3 N–H and O–H groups in total. The number of pyridine rings is 1. The standard InChI is InChI=1S/C28H31N5O4S/c1-36-14-15-37-28(27(34)35)12-10-19(11-13-28)23-24(38-2)25(29)33-26(32-23)21(17-31-33)20-8-9-22(30-16-20)18-6-4-3-5-7-18/h3-9,16-17,19H,10-15,29H2,1-2H3,(H,34,35)/t19-,28-. The van der Waals surface area contributed by atoms with Gasteiger partial charge in [0, 0.05) is 35.9 Å². The number of aliphatic carboxylic acids is 1. The van der Waals surface area contributed by atoms with Gasteiger partial charge in [0.1, 0.15) is 5.82 Å². The molecule has 0 amide bonds. The molecule has 0 saturated heterocycles. The summed E-state index contributed by atoms with van der Waals surface area (Å²) < 4.78 is 12.5. The van der Waals surface area contributed by atoms with Crippen LogP contribution >= 0.6 is 11.8 Å². The molecule has 1 aromatic carbocycles. The maximum atomic E-state index is 12.1. The molecule has 9 nitrogen and oxygen atoms in total. The molecule has 1 aliphatic carbocycles. The molecule has 4 aromatic rings. The number of methoxy groups -OCH3 is 1. The van der Waals surface area contributed by atoms with Crippen molar-refractivity contribution in [2.75, 3.05) is 32.3 Å². The maximum absolute atomic E-state index is 12.1. The molecule has 0 atom stereocenters. The second kappa shape index (κ2) is 11.1. The number of nitrogens with two attached hydrogens (primary N) is 1. The third kappa shape index (κ3) is 4.87. The van der Waals surface area contributed by atoms with Gasteiger partial charge in [-0.05, 0) is 38.0 Å². The lowest BCUT2D eigenvalue weighted by Crippen LogP contribution is -2.45. The molecule has 198 valence electrons. The zero-order valence-corrected chi connectivity index (χ0v) is 22.3. The zero-order valence-electron chi connectivity index (χ0n) is 21.5. The number of carboxylic acids is 1. The van der Waals surface area contributed by atoms with Gasteiger partial charge >= 0.3 is 5.97 Å². The Kier molecular flexibility index (Phi) is 7.64. The minimum Gasteiger partial charge on any atom is -0.479 e. The molecule has 0 radical (unpaired) electrons. The van der Waals surface area contributed by atoms with Crippen molar-refractivity contribution >= 4 is 29.2 Å².